The fourth-order valence-electron chi connectivity index (χ4n) is 2.76. The second-order valence-electron chi connectivity index (χ2n) is 8.30. The maximum Gasteiger partial charge on any atom is 0.408 e. The van der Waals surface area contributed by atoms with Crippen LogP contribution in [-0.2, 0) is 19.1 Å². The molecule has 0 saturated carbocycles. The van der Waals surface area contributed by atoms with Crippen molar-refractivity contribution in [2.75, 3.05) is 20.2 Å². The Morgan fingerprint density at radius 1 is 1.12 bits per heavy atom. The SMILES string of the molecule is COC(=O)C1(O)CCN(C(=O)C(C)(NC(=O)OC(C)(C)C)C(C)C)CC1. The van der Waals surface area contributed by atoms with Gasteiger partial charge in [-0.05, 0) is 33.6 Å². The molecule has 1 fully saturated rings. The van der Waals surface area contributed by atoms with Gasteiger partial charge in [0.1, 0.15) is 11.1 Å². The quantitative estimate of drug-likeness (QED) is 0.724. The van der Waals surface area contributed by atoms with Crippen molar-refractivity contribution < 1.29 is 29.0 Å². The number of nitrogens with one attached hydrogen (secondary N) is 1. The van der Waals surface area contributed by atoms with Crippen LogP contribution in [0.5, 0.6) is 0 Å². The second-order valence-corrected chi connectivity index (χ2v) is 8.30. The highest BCUT2D eigenvalue weighted by atomic mass is 16.6. The summed E-state index contributed by atoms with van der Waals surface area (Å²) in [4.78, 5) is 38.5. The van der Waals surface area contributed by atoms with Crippen LogP contribution in [0.15, 0.2) is 0 Å². The molecular weight excluding hydrogens is 340 g/mol. The molecule has 1 aliphatic rings. The van der Waals surface area contributed by atoms with Crippen molar-refractivity contribution in [3.63, 3.8) is 0 Å². The summed E-state index contributed by atoms with van der Waals surface area (Å²) in [7, 11) is 1.22. The highest BCUT2D eigenvalue weighted by Crippen LogP contribution is 2.27. The molecule has 8 nitrogen and oxygen atoms in total. The molecule has 0 aromatic heterocycles. The first-order valence-electron chi connectivity index (χ1n) is 8.86. The van der Waals surface area contributed by atoms with Gasteiger partial charge in [0.25, 0.3) is 0 Å². The zero-order valence-electron chi connectivity index (χ0n) is 16.8. The van der Waals surface area contributed by atoms with E-state index in [4.69, 9.17) is 4.74 Å². The van der Waals surface area contributed by atoms with Crippen LogP contribution in [0.25, 0.3) is 0 Å². The number of carbonyl (C=O) groups excluding carboxylic acids is 3. The summed E-state index contributed by atoms with van der Waals surface area (Å²) < 4.78 is 9.91. The average molecular weight is 372 g/mol. The van der Waals surface area contributed by atoms with Crippen LogP contribution in [-0.4, -0.2) is 64.9 Å². The van der Waals surface area contributed by atoms with Gasteiger partial charge >= 0.3 is 12.1 Å². The van der Waals surface area contributed by atoms with Crippen LogP contribution >= 0.6 is 0 Å². The van der Waals surface area contributed by atoms with E-state index in [9.17, 15) is 19.5 Å². The Morgan fingerprint density at radius 3 is 2.00 bits per heavy atom. The molecule has 0 aromatic rings. The first-order chi connectivity index (χ1) is 11.7. The van der Waals surface area contributed by atoms with E-state index in [1.807, 2.05) is 13.8 Å². The number of esters is 1. The Kier molecular flexibility index (Phi) is 6.68. The fourth-order valence-corrected chi connectivity index (χ4v) is 2.76. The molecule has 1 atom stereocenters. The van der Waals surface area contributed by atoms with Gasteiger partial charge in [-0.15, -0.1) is 0 Å². The van der Waals surface area contributed by atoms with E-state index >= 15 is 0 Å². The van der Waals surface area contributed by atoms with Crippen molar-refractivity contribution in [2.45, 2.75) is 71.1 Å². The fraction of sp³-hybridized carbons (Fsp3) is 0.833. The lowest BCUT2D eigenvalue weighted by molar-refractivity contribution is -0.169. The number of nitrogens with zero attached hydrogens (tertiary/aromatic N) is 1. The van der Waals surface area contributed by atoms with E-state index in [2.05, 4.69) is 10.1 Å². The lowest BCUT2D eigenvalue weighted by Crippen LogP contribution is -2.63. The first kappa shape index (κ1) is 22.2. The Balaban J connectivity index is 2.86. The monoisotopic (exact) mass is 372 g/mol. The minimum atomic E-state index is -1.57. The lowest BCUT2D eigenvalue weighted by Gasteiger charge is -2.42. The van der Waals surface area contributed by atoms with E-state index in [1.54, 1.807) is 32.6 Å². The van der Waals surface area contributed by atoms with E-state index in [-0.39, 0.29) is 37.8 Å². The number of hydrogen-bond donors (Lipinski definition) is 2. The molecule has 1 saturated heterocycles. The molecule has 0 aromatic carbocycles. The van der Waals surface area contributed by atoms with Gasteiger partial charge in [0.15, 0.2) is 5.60 Å². The molecule has 1 unspecified atom stereocenters. The Bertz CT molecular complexity index is 546. The van der Waals surface area contributed by atoms with E-state index < -0.39 is 28.8 Å². The van der Waals surface area contributed by atoms with Crippen molar-refractivity contribution in [1.82, 2.24) is 10.2 Å². The van der Waals surface area contributed by atoms with Crippen molar-refractivity contribution in [2.24, 2.45) is 5.92 Å². The molecule has 26 heavy (non-hydrogen) atoms. The van der Waals surface area contributed by atoms with Gasteiger partial charge in [-0.2, -0.15) is 0 Å². The van der Waals surface area contributed by atoms with Gasteiger partial charge in [0, 0.05) is 25.9 Å². The summed E-state index contributed by atoms with van der Waals surface area (Å²) in [5.74, 6) is -1.16. The number of aliphatic hydroxyl groups is 1. The number of hydrogen-bond acceptors (Lipinski definition) is 6. The minimum Gasteiger partial charge on any atom is -0.467 e. The van der Waals surface area contributed by atoms with Crippen LogP contribution < -0.4 is 5.32 Å². The number of piperidine rings is 1. The molecular formula is C18H32N2O6. The van der Waals surface area contributed by atoms with Gasteiger partial charge in [-0.1, -0.05) is 13.8 Å². The zero-order chi connectivity index (χ0) is 20.3. The van der Waals surface area contributed by atoms with Gasteiger partial charge in [0.2, 0.25) is 5.91 Å². The third-order valence-electron chi connectivity index (χ3n) is 4.80. The second kappa shape index (κ2) is 7.82. The van der Waals surface area contributed by atoms with Crippen molar-refractivity contribution in [3.05, 3.63) is 0 Å². The van der Waals surface area contributed by atoms with Crippen LogP contribution in [0.2, 0.25) is 0 Å². The standard InChI is InChI=1S/C18H32N2O6/c1-12(2)17(6,19-15(23)26-16(3,4)5)13(21)20-10-8-18(24,9-11-20)14(22)25-7/h12,24H,8-11H2,1-7H3,(H,19,23). The summed E-state index contributed by atoms with van der Waals surface area (Å²) in [6.07, 6.45) is -0.483. The smallest absolute Gasteiger partial charge is 0.408 e. The highest BCUT2D eigenvalue weighted by molar-refractivity contribution is 5.90. The maximum atomic E-state index is 13.1. The number of likely N-dealkylation sites (tertiary alicyclic amines) is 1. The molecule has 0 bridgehead atoms. The average Bonchev–Trinajstić information content (AvgIpc) is 2.51. The number of carbonyl (C=O) groups is 3. The molecule has 0 aliphatic carbocycles. The highest BCUT2D eigenvalue weighted by Gasteiger charge is 2.46. The number of ether oxygens (including phenoxy) is 2. The number of amides is 2. The van der Waals surface area contributed by atoms with E-state index in [0.717, 1.165) is 0 Å². The molecule has 2 N–H and O–H groups in total. The van der Waals surface area contributed by atoms with Crippen molar-refractivity contribution in [1.29, 1.82) is 0 Å². The molecule has 1 rings (SSSR count). The predicted molar refractivity (Wildman–Crippen MR) is 95.4 cm³/mol. The molecule has 8 heteroatoms. The summed E-state index contributed by atoms with van der Waals surface area (Å²) in [5.41, 5.74) is -3.41. The summed E-state index contributed by atoms with van der Waals surface area (Å²) >= 11 is 0. The zero-order valence-corrected chi connectivity index (χ0v) is 16.8. The van der Waals surface area contributed by atoms with Crippen LogP contribution in [0.1, 0.15) is 54.4 Å². The molecule has 1 heterocycles. The summed E-state index contributed by atoms with van der Waals surface area (Å²) in [6, 6.07) is 0. The number of alkyl carbamates (subject to hydrolysis) is 1. The van der Waals surface area contributed by atoms with Crippen molar-refractivity contribution >= 4 is 18.0 Å². The molecule has 1 aliphatic heterocycles. The van der Waals surface area contributed by atoms with Gasteiger partial charge < -0.3 is 24.8 Å². The number of methoxy groups -OCH3 is 1. The topological polar surface area (TPSA) is 105 Å². The molecule has 0 radical (unpaired) electrons. The van der Waals surface area contributed by atoms with Gasteiger partial charge in [-0.25, -0.2) is 9.59 Å². The maximum absolute atomic E-state index is 13.1. The van der Waals surface area contributed by atoms with Crippen LogP contribution in [0, 0.1) is 5.92 Å². The van der Waals surface area contributed by atoms with Crippen LogP contribution in [0.3, 0.4) is 0 Å². The van der Waals surface area contributed by atoms with Gasteiger partial charge in [0.05, 0.1) is 7.11 Å². The lowest BCUT2D eigenvalue weighted by atomic mass is 9.85. The predicted octanol–water partition coefficient (Wildman–Crippen LogP) is 1.45. The minimum absolute atomic E-state index is 0.0893. The normalized spacial score (nSPS) is 19.5. The third-order valence-corrected chi connectivity index (χ3v) is 4.80. The molecule has 2 amide bonds. The molecule has 150 valence electrons. The first-order valence-corrected chi connectivity index (χ1v) is 8.86. The number of rotatable bonds is 4. The summed E-state index contributed by atoms with van der Waals surface area (Å²) in [6.45, 7) is 11.0. The third kappa shape index (κ3) is 5.09. The Hall–Kier alpha value is -1.83. The van der Waals surface area contributed by atoms with E-state index in [0.29, 0.717) is 0 Å². The Morgan fingerprint density at radius 2 is 1.62 bits per heavy atom. The molecule has 0 spiro atoms. The van der Waals surface area contributed by atoms with Crippen molar-refractivity contribution in [3.8, 4) is 0 Å². The summed E-state index contributed by atoms with van der Waals surface area (Å²) in [5, 5.41) is 13.0. The Labute approximate surface area is 155 Å². The van der Waals surface area contributed by atoms with Crippen LogP contribution in [0.4, 0.5) is 4.79 Å². The van der Waals surface area contributed by atoms with E-state index in [1.165, 1.54) is 7.11 Å². The largest absolute Gasteiger partial charge is 0.467 e. The van der Waals surface area contributed by atoms with Gasteiger partial charge in [-0.3, -0.25) is 4.79 Å².